The maximum absolute atomic E-state index is 14.3. The zero-order valence-electron chi connectivity index (χ0n) is 22.9. The molecule has 0 bridgehead atoms. The van der Waals surface area contributed by atoms with Gasteiger partial charge in [-0.15, -0.1) is 0 Å². The first kappa shape index (κ1) is 28.6. The largest absolute Gasteiger partial charge is 0.353 e. The number of carbonyl (C=O) groups excluding carboxylic acids is 3. The molecule has 0 unspecified atom stereocenters. The van der Waals surface area contributed by atoms with E-state index in [-0.39, 0.29) is 41.3 Å². The highest BCUT2D eigenvalue weighted by atomic mass is 35.5. The standard InChI is InChI=1S/C29H30ClFN6O3S/c1-18(38)23-13-36(25-8-7-20(9-22(23)25)35-21-11-32-16-33-12-21)14-27(39)37-17-41(2,3)15-26(37)29(40)34-10-19-5-4-6-24(30)28(19)31/h4-9,11-13,16,26,35H,10,14-15,17H2,1-3H3,(H,34,40)/t26-/m0/s1. The van der Waals surface area contributed by atoms with Crippen molar-refractivity contribution in [2.45, 2.75) is 26.1 Å². The monoisotopic (exact) mass is 596 g/mol. The predicted molar refractivity (Wildman–Crippen MR) is 160 cm³/mol. The zero-order chi connectivity index (χ0) is 29.3. The second-order valence-electron chi connectivity index (χ2n) is 10.6. The van der Waals surface area contributed by atoms with Gasteiger partial charge in [-0.05, 0) is 43.7 Å². The van der Waals surface area contributed by atoms with E-state index in [1.165, 1.54) is 19.3 Å². The van der Waals surface area contributed by atoms with Gasteiger partial charge >= 0.3 is 0 Å². The van der Waals surface area contributed by atoms with Crippen molar-refractivity contribution in [1.82, 2.24) is 24.8 Å². The van der Waals surface area contributed by atoms with Gasteiger partial charge in [0, 0.05) is 46.2 Å². The molecule has 1 aliphatic heterocycles. The minimum absolute atomic E-state index is 0.0131. The number of hydrogen-bond donors (Lipinski definition) is 2. The smallest absolute Gasteiger partial charge is 0.243 e. The first-order chi connectivity index (χ1) is 19.5. The average Bonchev–Trinajstić information content (AvgIpc) is 3.46. The molecule has 1 atom stereocenters. The van der Waals surface area contributed by atoms with Crippen LogP contribution in [-0.2, 0) is 22.7 Å². The van der Waals surface area contributed by atoms with E-state index in [2.05, 4.69) is 33.1 Å². The molecule has 5 rings (SSSR count). The molecule has 2 N–H and O–H groups in total. The van der Waals surface area contributed by atoms with Crippen molar-refractivity contribution in [3.63, 3.8) is 0 Å². The summed E-state index contributed by atoms with van der Waals surface area (Å²) in [5, 5.41) is 6.70. The lowest BCUT2D eigenvalue weighted by atomic mass is 10.1. The Labute approximate surface area is 243 Å². The minimum Gasteiger partial charge on any atom is -0.353 e. The molecule has 1 saturated heterocycles. The Kier molecular flexibility index (Phi) is 8.01. The van der Waals surface area contributed by atoms with Crippen LogP contribution in [0.3, 0.4) is 0 Å². The van der Waals surface area contributed by atoms with E-state index in [1.54, 1.807) is 40.2 Å². The fourth-order valence-corrected chi connectivity index (χ4v) is 7.60. The van der Waals surface area contributed by atoms with Crippen LogP contribution >= 0.6 is 21.6 Å². The van der Waals surface area contributed by atoms with E-state index in [4.69, 9.17) is 11.6 Å². The van der Waals surface area contributed by atoms with Crippen LogP contribution in [-0.4, -0.2) is 67.2 Å². The number of Topliss-reactive ketones (excluding diaryl/α,β-unsaturated/α-hetero) is 1. The molecule has 0 saturated carbocycles. The van der Waals surface area contributed by atoms with E-state index in [0.29, 0.717) is 28.3 Å². The van der Waals surface area contributed by atoms with Gasteiger partial charge in [-0.2, -0.15) is 0 Å². The summed E-state index contributed by atoms with van der Waals surface area (Å²) in [7, 11) is -1.24. The highest BCUT2D eigenvalue weighted by molar-refractivity contribution is 8.32. The summed E-state index contributed by atoms with van der Waals surface area (Å²) in [5.74, 6) is -0.242. The van der Waals surface area contributed by atoms with E-state index >= 15 is 0 Å². The molecule has 12 heteroatoms. The van der Waals surface area contributed by atoms with Gasteiger partial charge in [-0.1, -0.05) is 23.7 Å². The van der Waals surface area contributed by atoms with Crippen molar-refractivity contribution in [2.24, 2.45) is 0 Å². The van der Waals surface area contributed by atoms with Crippen molar-refractivity contribution in [1.29, 1.82) is 0 Å². The van der Waals surface area contributed by atoms with Gasteiger partial charge in [0.1, 0.15) is 24.7 Å². The molecule has 3 heterocycles. The SMILES string of the molecule is CC(=O)c1cn(CC(=O)N2CS(C)(C)C[C@H]2C(=O)NCc2cccc(Cl)c2F)c2ccc(Nc3cncnc3)cc12. The lowest BCUT2D eigenvalue weighted by molar-refractivity contribution is -0.138. The van der Waals surface area contributed by atoms with Gasteiger partial charge in [0.05, 0.1) is 29.0 Å². The van der Waals surface area contributed by atoms with Crippen molar-refractivity contribution in [2.75, 3.05) is 29.5 Å². The number of nitrogens with one attached hydrogen (secondary N) is 2. The molecule has 0 aliphatic carbocycles. The number of hydrogen-bond acceptors (Lipinski definition) is 6. The summed E-state index contributed by atoms with van der Waals surface area (Å²) in [5.41, 5.74) is 2.94. The Balaban J connectivity index is 1.36. The molecule has 2 amide bonds. The Hall–Kier alpha value is -3.96. The summed E-state index contributed by atoms with van der Waals surface area (Å²) in [6.45, 7) is 1.42. The maximum Gasteiger partial charge on any atom is 0.243 e. The number of amides is 2. The number of anilines is 2. The fraction of sp³-hybridized carbons (Fsp3) is 0.276. The first-order valence-corrected chi connectivity index (χ1v) is 16.0. The third-order valence-electron chi connectivity index (χ3n) is 7.00. The number of rotatable bonds is 8. The highest BCUT2D eigenvalue weighted by Crippen LogP contribution is 2.47. The van der Waals surface area contributed by atoms with Crippen LogP contribution in [0.25, 0.3) is 10.9 Å². The molecule has 1 fully saturated rings. The van der Waals surface area contributed by atoms with Crippen molar-refractivity contribution in [3.05, 3.63) is 83.3 Å². The van der Waals surface area contributed by atoms with Crippen LogP contribution in [0, 0.1) is 5.82 Å². The third kappa shape index (κ3) is 6.20. The van der Waals surface area contributed by atoms with Crippen LogP contribution in [0.5, 0.6) is 0 Å². The Morgan fingerprint density at radius 2 is 1.88 bits per heavy atom. The number of fused-ring (bicyclic) bond motifs is 1. The Morgan fingerprint density at radius 3 is 2.61 bits per heavy atom. The number of ketones is 1. The number of carbonyl (C=O) groups is 3. The number of nitrogens with zero attached hydrogens (tertiary/aromatic N) is 4. The lowest BCUT2D eigenvalue weighted by Crippen LogP contribution is -2.48. The number of aromatic nitrogens is 3. The quantitative estimate of drug-likeness (QED) is 0.285. The van der Waals surface area contributed by atoms with Crippen LogP contribution in [0.4, 0.5) is 15.8 Å². The number of halogens is 2. The summed E-state index contributed by atoms with van der Waals surface area (Å²) in [4.78, 5) is 49.1. The molecule has 0 spiro atoms. The Bertz CT molecular complexity index is 1640. The van der Waals surface area contributed by atoms with Gasteiger partial charge in [0.2, 0.25) is 11.8 Å². The average molecular weight is 597 g/mol. The number of benzene rings is 2. The van der Waals surface area contributed by atoms with Crippen LogP contribution in [0.2, 0.25) is 5.02 Å². The van der Waals surface area contributed by atoms with E-state index in [0.717, 1.165) is 11.2 Å². The van der Waals surface area contributed by atoms with E-state index < -0.39 is 21.9 Å². The summed E-state index contributed by atoms with van der Waals surface area (Å²) in [6, 6.07) is 9.52. The predicted octanol–water partition coefficient (Wildman–Crippen LogP) is 4.72. The molecule has 9 nitrogen and oxygen atoms in total. The lowest BCUT2D eigenvalue weighted by Gasteiger charge is -2.25. The maximum atomic E-state index is 14.3. The third-order valence-corrected chi connectivity index (χ3v) is 9.48. The molecule has 2 aromatic heterocycles. The molecule has 2 aromatic carbocycles. The highest BCUT2D eigenvalue weighted by Gasteiger charge is 2.41. The minimum atomic E-state index is -1.24. The molecule has 41 heavy (non-hydrogen) atoms. The van der Waals surface area contributed by atoms with Gasteiger partial charge in [0.15, 0.2) is 5.78 Å². The fourth-order valence-electron chi connectivity index (χ4n) is 5.04. The van der Waals surface area contributed by atoms with Crippen molar-refractivity contribution in [3.8, 4) is 0 Å². The first-order valence-electron chi connectivity index (χ1n) is 12.9. The second kappa shape index (κ2) is 11.5. The van der Waals surface area contributed by atoms with Crippen molar-refractivity contribution >= 4 is 61.5 Å². The molecule has 214 valence electrons. The molecule has 0 radical (unpaired) electrons. The van der Waals surface area contributed by atoms with Gasteiger partial charge < -0.3 is 20.1 Å². The van der Waals surface area contributed by atoms with Crippen LogP contribution < -0.4 is 10.6 Å². The van der Waals surface area contributed by atoms with Crippen molar-refractivity contribution < 1.29 is 18.8 Å². The molecular formula is C29H30ClFN6O3S. The normalized spacial score (nSPS) is 16.9. The second-order valence-corrected chi connectivity index (χ2v) is 15.1. The van der Waals surface area contributed by atoms with Gasteiger partial charge in [-0.25, -0.2) is 24.4 Å². The Morgan fingerprint density at radius 1 is 1.12 bits per heavy atom. The van der Waals surface area contributed by atoms with Gasteiger partial charge in [-0.3, -0.25) is 14.4 Å². The van der Waals surface area contributed by atoms with Crippen LogP contribution in [0.15, 0.2) is 61.3 Å². The van der Waals surface area contributed by atoms with Gasteiger partial charge in [0.25, 0.3) is 0 Å². The zero-order valence-corrected chi connectivity index (χ0v) is 24.4. The summed E-state index contributed by atoms with van der Waals surface area (Å²) in [6.07, 6.45) is 10.6. The molecule has 1 aliphatic rings. The summed E-state index contributed by atoms with van der Waals surface area (Å²) >= 11 is 5.87. The van der Waals surface area contributed by atoms with E-state index in [1.807, 2.05) is 18.2 Å². The molecule has 4 aromatic rings. The topological polar surface area (TPSA) is 109 Å². The van der Waals surface area contributed by atoms with Crippen LogP contribution in [0.1, 0.15) is 22.8 Å². The molecular weight excluding hydrogens is 567 g/mol. The summed E-state index contributed by atoms with van der Waals surface area (Å²) < 4.78 is 16.1. The van der Waals surface area contributed by atoms with E-state index in [9.17, 15) is 18.8 Å².